The smallest absolute Gasteiger partial charge is 0.395 e. The third kappa shape index (κ3) is 3.86. The van der Waals surface area contributed by atoms with Crippen molar-refractivity contribution >= 4 is 34.7 Å². The molecule has 0 saturated heterocycles. The molecular formula is C20H16ClF3N2O3. The number of nitrogens with zero attached hydrogens (tertiary/aromatic N) is 2. The van der Waals surface area contributed by atoms with Crippen molar-refractivity contribution in [1.29, 1.82) is 0 Å². The Kier molecular flexibility index (Phi) is 5.68. The minimum atomic E-state index is -4.74. The molecule has 0 unspecified atom stereocenters. The van der Waals surface area contributed by atoms with Gasteiger partial charge in [0.1, 0.15) is 5.70 Å². The number of amides is 2. The van der Waals surface area contributed by atoms with Crippen LogP contribution in [0.25, 0.3) is 5.57 Å². The van der Waals surface area contributed by atoms with Crippen LogP contribution in [0.5, 0.6) is 0 Å². The Morgan fingerprint density at radius 1 is 1.07 bits per heavy atom. The molecule has 1 heterocycles. The third-order valence-corrected chi connectivity index (χ3v) is 4.78. The van der Waals surface area contributed by atoms with Gasteiger partial charge in [0.15, 0.2) is 0 Å². The van der Waals surface area contributed by atoms with Gasteiger partial charge in [0.25, 0.3) is 11.8 Å². The summed E-state index contributed by atoms with van der Waals surface area (Å²) < 4.78 is 39.7. The molecule has 0 spiro atoms. The van der Waals surface area contributed by atoms with Crippen molar-refractivity contribution in [3.05, 3.63) is 70.4 Å². The van der Waals surface area contributed by atoms with Crippen LogP contribution in [0.15, 0.2) is 54.2 Å². The van der Waals surface area contributed by atoms with E-state index in [4.69, 9.17) is 11.6 Å². The van der Waals surface area contributed by atoms with Crippen LogP contribution in [0.3, 0.4) is 0 Å². The number of imide groups is 1. The number of carbonyl (C=O) groups excluding carboxylic acids is 2. The highest BCUT2D eigenvalue weighted by molar-refractivity contribution is 6.45. The van der Waals surface area contributed by atoms with E-state index in [9.17, 15) is 27.9 Å². The van der Waals surface area contributed by atoms with E-state index in [0.717, 1.165) is 6.07 Å². The Labute approximate surface area is 169 Å². The average molecular weight is 425 g/mol. The first-order chi connectivity index (χ1) is 13.7. The van der Waals surface area contributed by atoms with Gasteiger partial charge >= 0.3 is 6.18 Å². The van der Waals surface area contributed by atoms with Crippen molar-refractivity contribution in [2.24, 2.45) is 0 Å². The number of aliphatic hydroxyl groups is 1. The van der Waals surface area contributed by atoms with Crippen molar-refractivity contribution in [3.8, 4) is 0 Å². The molecule has 0 aliphatic carbocycles. The first kappa shape index (κ1) is 20.9. The zero-order valence-corrected chi connectivity index (χ0v) is 16.0. The Morgan fingerprint density at radius 2 is 1.72 bits per heavy atom. The molecule has 152 valence electrons. The largest absolute Gasteiger partial charge is 0.417 e. The zero-order chi connectivity index (χ0) is 21.3. The Bertz CT molecular complexity index is 990. The zero-order valence-electron chi connectivity index (χ0n) is 15.2. The van der Waals surface area contributed by atoms with Gasteiger partial charge < -0.3 is 10.0 Å². The molecule has 2 aromatic carbocycles. The highest BCUT2D eigenvalue weighted by Crippen LogP contribution is 2.40. The van der Waals surface area contributed by atoms with Crippen LogP contribution in [0, 0.1) is 0 Å². The quantitative estimate of drug-likeness (QED) is 0.745. The summed E-state index contributed by atoms with van der Waals surface area (Å²) in [5.41, 5.74) is -0.889. The lowest BCUT2D eigenvalue weighted by Crippen LogP contribution is -2.35. The normalized spacial score (nSPS) is 14.8. The van der Waals surface area contributed by atoms with Crippen LogP contribution < -0.4 is 4.90 Å². The number of benzene rings is 2. The summed E-state index contributed by atoms with van der Waals surface area (Å²) >= 11 is 5.65. The molecule has 0 atom stereocenters. The Hall–Kier alpha value is -2.84. The number of anilines is 1. The topological polar surface area (TPSA) is 60.9 Å². The Morgan fingerprint density at radius 3 is 2.31 bits per heavy atom. The van der Waals surface area contributed by atoms with E-state index in [1.807, 2.05) is 0 Å². The molecule has 0 bridgehead atoms. The van der Waals surface area contributed by atoms with Crippen LogP contribution >= 0.6 is 11.6 Å². The summed E-state index contributed by atoms with van der Waals surface area (Å²) in [6.07, 6.45) is -4.74. The van der Waals surface area contributed by atoms with E-state index in [2.05, 4.69) is 0 Å². The van der Waals surface area contributed by atoms with Gasteiger partial charge in [0.2, 0.25) is 0 Å². The lowest BCUT2D eigenvalue weighted by atomic mass is 10.0. The summed E-state index contributed by atoms with van der Waals surface area (Å²) in [7, 11) is 1.52. The van der Waals surface area contributed by atoms with Gasteiger partial charge in [-0.1, -0.05) is 41.9 Å². The molecule has 5 nitrogen and oxygen atoms in total. The molecule has 1 aliphatic rings. The summed E-state index contributed by atoms with van der Waals surface area (Å²) in [4.78, 5) is 28.3. The van der Waals surface area contributed by atoms with Crippen molar-refractivity contribution in [3.63, 3.8) is 0 Å². The van der Waals surface area contributed by atoms with Gasteiger partial charge in [-0.3, -0.25) is 9.59 Å². The Balaban J connectivity index is 2.14. The number of carbonyl (C=O) groups is 2. The lowest BCUT2D eigenvalue weighted by molar-refractivity contribution is -0.137. The molecule has 2 amide bonds. The van der Waals surface area contributed by atoms with Crippen LogP contribution in [0.4, 0.5) is 18.9 Å². The maximum Gasteiger partial charge on any atom is 0.417 e. The van der Waals surface area contributed by atoms with Gasteiger partial charge in [-0.25, -0.2) is 4.90 Å². The monoisotopic (exact) mass is 424 g/mol. The minimum Gasteiger partial charge on any atom is -0.395 e. The highest BCUT2D eigenvalue weighted by Gasteiger charge is 2.43. The molecule has 9 heteroatoms. The maximum absolute atomic E-state index is 13.2. The number of rotatable bonds is 5. The fourth-order valence-electron chi connectivity index (χ4n) is 3.10. The van der Waals surface area contributed by atoms with E-state index >= 15 is 0 Å². The SMILES string of the molecule is CN(CCO)C1=C(c2ccccc2)C(=O)N(c2ccc(Cl)c(C(F)(F)F)c2)C1=O. The van der Waals surface area contributed by atoms with Gasteiger partial charge in [0.05, 0.1) is 28.5 Å². The first-order valence-electron chi connectivity index (χ1n) is 8.54. The van der Waals surface area contributed by atoms with Crippen LogP contribution in [-0.2, 0) is 15.8 Å². The molecular weight excluding hydrogens is 409 g/mol. The maximum atomic E-state index is 13.2. The van der Waals surface area contributed by atoms with Crippen molar-refractivity contribution in [1.82, 2.24) is 4.90 Å². The summed E-state index contributed by atoms with van der Waals surface area (Å²) in [5.74, 6) is -1.53. The summed E-state index contributed by atoms with van der Waals surface area (Å²) in [6, 6.07) is 11.2. The number of hydrogen-bond donors (Lipinski definition) is 1. The standard InChI is InChI=1S/C20H16ClF3N2O3/c1-25(9-10-27)17-16(12-5-3-2-4-6-12)18(28)26(19(17)29)13-7-8-15(21)14(11-13)20(22,23)24/h2-8,11,27H,9-10H2,1H3. The van der Waals surface area contributed by atoms with Gasteiger partial charge in [-0.15, -0.1) is 0 Å². The van der Waals surface area contributed by atoms with Crippen LogP contribution in [0.2, 0.25) is 5.02 Å². The van der Waals surface area contributed by atoms with Crippen molar-refractivity contribution in [2.75, 3.05) is 25.1 Å². The van der Waals surface area contributed by atoms with Gasteiger partial charge in [-0.05, 0) is 23.8 Å². The van der Waals surface area contributed by atoms with Crippen LogP contribution in [-0.4, -0.2) is 42.0 Å². The van der Waals surface area contributed by atoms with E-state index in [1.165, 1.54) is 18.0 Å². The number of aliphatic hydroxyl groups excluding tert-OH is 1. The fraction of sp³-hybridized carbons (Fsp3) is 0.200. The predicted molar refractivity (Wildman–Crippen MR) is 102 cm³/mol. The number of likely N-dealkylation sites (N-methyl/N-ethyl adjacent to an activating group) is 1. The molecule has 0 aromatic heterocycles. The lowest BCUT2D eigenvalue weighted by Gasteiger charge is -2.21. The first-order valence-corrected chi connectivity index (χ1v) is 8.91. The average Bonchev–Trinajstić information content (AvgIpc) is 2.93. The predicted octanol–water partition coefficient (Wildman–Crippen LogP) is 3.57. The van der Waals surface area contributed by atoms with Crippen molar-refractivity contribution < 1.29 is 27.9 Å². The molecule has 0 saturated carbocycles. The second-order valence-corrected chi connectivity index (χ2v) is 6.75. The second kappa shape index (κ2) is 7.88. The fourth-order valence-corrected chi connectivity index (χ4v) is 3.33. The van der Waals surface area contributed by atoms with Crippen LogP contribution in [0.1, 0.15) is 11.1 Å². The van der Waals surface area contributed by atoms with E-state index in [-0.39, 0.29) is 30.1 Å². The van der Waals surface area contributed by atoms with E-state index in [0.29, 0.717) is 16.5 Å². The molecule has 2 aromatic rings. The highest BCUT2D eigenvalue weighted by atomic mass is 35.5. The van der Waals surface area contributed by atoms with E-state index < -0.39 is 28.6 Å². The van der Waals surface area contributed by atoms with Gasteiger partial charge in [-0.2, -0.15) is 13.2 Å². The minimum absolute atomic E-state index is 0.00115. The van der Waals surface area contributed by atoms with Crippen molar-refractivity contribution in [2.45, 2.75) is 6.18 Å². The van der Waals surface area contributed by atoms with E-state index in [1.54, 1.807) is 30.3 Å². The molecule has 1 N–H and O–H groups in total. The molecule has 3 rings (SSSR count). The molecule has 0 fully saturated rings. The molecule has 1 aliphatic heterocycles. The number of alkyl halides is 3. The molecule has 0 radical (unpaired) electrons. The molecule has 29 heavy (non-hydrogen) atoms. The van der Waals surface area contributed by atoms with Gasteiger partial charge in [0, 0.05) is 13.6 Å². The third-order valence-electron chi connectivity index (χ3n) is 4.45. The summed E-state index contributed by atoms with van der Waals surface area (Å²) in [5, 5.41) is 8.70. The number of halogens is 4. The second-order valence-electron chi connectivity index (χ2n) is 6.34. The number of hydrogen-bond acceptors (Lipinski definition) is 4. The summed E-state index contributed by atoms with van der Waals surface area (Å²) in [6.45, 7) is -0.213.